The summed E-state index contributed by atoms with van der Waals surface area (Å²) in [6.45, 7) is 1.65. The second-order valence-electron chi connectivity index (χ2n) is 7.95. The van der Waals surface area contributed by atoms with Crippen LogP contribution in [0.4, 0.5) is 14.5 Å². The Morgan fingerprint density at radius 1 is 1.03 bits per heavy atom. The van der Waals surface area contributed by atoms with Crippen LogP contribution in [0, 0.1) is 17.6 Å². The number of hydrogen-bond donors (Lipinski definition) is 1. The van der Waals surface area contributed by atoms with Crippen molar-refractivity contribution in [3.8, 4) is 0 Å². The van der Waals surface area contributed by atoms with Gasteiger partial charge in [0.25, 0.3) is 15.9 Å². The maximum Gasteiger partial charge on any atom is 0.254 e. The standard InChI is InChI=1S/C21H23F2N3O4S2/c22-16-3-4-18(17(23)12-16)24-20(27)14-5-9-26(10-6-14)32(29,30)19-11-15(13-31-19)21(28)25-7-1-2-8-25/h3-4,11-14H,1-2,5-10H2,(H,24,27). The van der Waals surface area contributed by atoms with Crippen LogP contribution in [0.1, 0.15) is 36.0 Å². The summed E-state index contributed by atoms with van der Waals surface area (Å²) in [5.74, 6) is -2.67. The van der Waals surface area contributed by atoms with E-state index >= 15 is 0 Å². The summed E-state index contributed by atoms with van der Waals surface area (Å²) in [4.78, 5) is 26.7. The van der Waals surface area contributed by atoms with E-state index in [1.807, 2.05) is 0 Å². The number of benzene rings is 1. The van der Waals surface area contributed by atoms with Crippen molar-refractivity contribution in [1.29, 1.82) is 0 Å². The molecule has 0 saturated carbocycles. The monoisotopic (exact) mass is 483 g/mol. The van der Waals surface area contributed by atoms with Crippen LogP contribution >= 0.6 is 11.3 Å². The molecule has 0 aliphatic carbocycles. The summed E-state index contributed by atoms with van der Waals surface area (Å²) in [7, 11) is -3.77. The highest BCUT2D eigenvalue weighted by atomic mass is 32.2. The van der Waals surface area contributed by atoms with Crippen molar-refractivity contribution in [2.45, 2.75) is 29.9 Å². The molecule has 2 amide bonds. The number of carbonyl (C=O) groups excluding carboxylic acids is 2. The molecule has 172 valence electrons. The lowest BCUT2D eigenvalue weighted by Crippen LogP contribution is -2.41. The molecule has 3 heterocycles. The molecule has 0 spiro atoms. The van der Waals surface area contributed by atoms with Gasteiger partial charge in [-0.1, -0.05) is 0 Å². The summed E-state index contributed by atoms with van der Waals surface area (Å²) in [5.41, 5.74) is 0.270. The fraction of sp³-hybridized carbons (Fsp3) is 0.429. The zero-order valence-corrected chi connectivity index (χ0v) is 18.9. The van der Waals surface area contributed by atoms with Gasteiger partial charge in [0, 0.05) is 43.5 Å². The maximum atomic E-state index is 13.8. The van der Waals surface area contributed by atoms with E-state index in [2.05, 4.69) is 5.32 Å². The van der Waals surface area contributed by atoms with Crippen LogP contribution in [0.2, 0.25) is 0 Å². The second-order valence-corrected chi connectivity index (χ2v) is 11.0. The fourth-order valence-corrected chi connectivity index (χ4v) is 6.75. The third-order valence-corrected chi connectivity index (χ3v) is 9.14. The molecule has 0 radical (unpaired) electrons. The van der Waals surface area contributed by atoms with E-state index in [1.54, 1.807) is 10.3 Å². The summed E-state index contributed by atoms with van der Waals surface area (Å²) in [6, 6.07) is 4.32. The molecule has 2 saturated heterocycles. The Morgan fingerprint density at radius 3 is 2.38 bits per heavy atom. The SMILES string of the molecule is O=C(Nc1ccc(F)cc1F)C1CCN(S(=O)(=O)c2cc(C(=O)N3CCCC3)cs2)CC1. The Labute approximate surface area is 189 Å². The molecule has 1 aromatic heterocycles. The Hall–Kier alpha value is -2.37. The van der Waals surface area contributed by atoms with Gasteiger partial charge in [-0.15, -0.1) is 11.3 Å². The largest absolute Gasteiger partial charge is 0.339 e. The molecule has 11 heteroatoms. The molecule has 1 N–H and O–H groups in total. The topological polar surface area (TPSA) is 86.8 Å². The number of amides is 2. The van der Waals surface area contributed by atoms with Crippen LogP contribution in [0.3, 0.4) is 0 Å². The van der Waals surface area contributed by atoms with Crippen molar-refractivity contribution in [2.75, 3.05) is 31.5 Å². The fourth-order valence-electron chi connectivity index (χ4n) is 3.98. The Bertz CT molecular complexity index is 1120. The summed E-state index contributed by atoms with van der Waals surface area (Å²) < 4.78 is 54.2. The average Bonchev–Trinajstić information content (AvgIpc) is 3.48. The zero-order valence-electron chi connectivity index (χ0n) is 17.2. The van der Waals surface area contributed by atoms with Crippen molar-refractivity contribution in [1.82, 2.24) is 9.21 Å². The lowest BCUT2D eigenvalue weighted by atomic mass is 9.97. The molecule has 32 heavy (non-hydrogen) atoms. The van der Waals surface area contributed by atoms with Gasteiger partial charge in [-0.3, -0.25) is 9.59 Å². The smallest absolute Gasteiger partial charge is 0.254 e. The molecule has 2 aliphatic rings. The highest BCUT2D eigenvalue weighted by Crippen LogP contribution is 2.29. The summed E-state index contributed by atoms with van der Waals surface area (Å²) in [5, 5.41) is 4.02. The number of rotatable bonds is 5. The Balaban J connectivity index is 1.37. The predicted octanol–water partition coefficient (Wildman–Crippen LogP) is 3.30. The van der Waals surface area contributed by atoms with Crippen LogP contribution in [0.5, 0.6) is 0 Å². The van der Waals surface area contributed by atoms with Crippen LogP contribution < -0.4 is 5.32 Å². The lowest BCUT2D eigenvalue weighted by molar-refractivity contribution is -0.120. The second kappa shape index (κ2) is 9.24. The molecule has 0 unspecified atom stereocenters. The minimum absolute atomic E-state index is 0.108. The predicted molar refractivity (Wildman–Crippen MR) is 116 cm³/mol. The number of piperidine rings is 1. The van der Waals surface area contributed by atoms with Crippen molar-refractivity contribution in [3.63, 3.8) is 0 Å². The van der Waals surface area contributed by atoms with Crippen molar-refractivity contribution in [3.05, 3.63) is 46.8 Å². The van der Waals surface area contributed by atoms with E-state index < -0.39 is 33.5 Å². The van der Waals surface area contributed by atoms with E-state index in [0.717, 1.165) is 36.3 Å². The molecule has 0 bridgehead atoms. The molecule has 1 aromatic carbocycles. The molecule has 2 aliphatic heterocycles. The van der Waals surface area contributed by atoms with Crippen LogP contribution in [-0.4, -0.2) is 55.6 Å². The molecule has 0 atom stereocenters. The van der Waals surface area contributed by atoms with Gasteiger partial charge < -0.3 is 10.2 Å². The highest BCUT2D eigenvalue weighted by molar-refractivity contribution is 7.91. The first-order chi connectivity index (χ1) is 15.3. The Kier molecular flexibility index (Phi) is 6.59. The number of hydrogen-bond acceptors (Lipinski definition) is 5. The zero-order chi connectivity index (χ0) is 22.9. The number of thiophene rings is 1. The first-order valence-electron chi connectivity index (χ1n) is 10.4. The van der Waals surface area contributed by atoms with Crippen LogP contribution in [-0.2, 0) is 14.8 Å². The van der Waals surface area contributed by atoms with E-state index in [-0.39, 0.29) is 41.7 Å². The molecule has 2 aromatic rings. The minimum atomic E-state index is -3.77. The van der Waals surface area contributed by atoms with Crippen LogP contribution in [0.15, 0.2) is 33.9 Å². The maximum absolute atomic E-state index is 13.8. The van der Waals surface area contributed by atoms with Gasteiger partial charge in [0.2, 0.25) is 5.91 Å². The quantitative estimate of drug-likeness (QED) is 0.707. The van der Waals surface area contributed by atoms with Crippen molar-refractivity contribution < 1.29 is 26.8 Å². The normalized spacial score (nSPS) is 18.1. The number of likely N-dealkylation sites (tertiary alicyclic amines) is 1. The van der Waals surface area contributed by atoms with Gasteiger partial charge in [-0.25, -0.2) is 17.2 Å². The lowest BCUT2D eigenvalue weighted by Gasteiger charge is -2.30. The number of sulfonamides is 1. The van der Waals surface area contributed by atoms with Gasteiger partial charge in [-0.2, -0.15) is 4.31 Å². The van der Waals surface area contributed by atoms with Crippen molar-refractivity contribution >= 4 is 38.9 Å². The third-order valence-electron chi connectivity index (χ3n) is 5.82. The third kappa shape index (κ3) is 4.69. The summed E-state index contributed by atoms with van der Waals surface area (Å²) in [6.07, 6.45) is 2.46. The van der Waals surface area contributed by atoms with Crippen molar-refractivity contribution in [2.24, 2.45) is 5.92 Å². The number of anilines is 1. The van der Waals surface area contributed by atoms with E-state index in [1.165, 1.54) is 10.4 Å². The van der Waals surface area contributed by atoms with Gasteiger partial charge in [0.1, 0.15) is 15.8 Å². The number of halogens is 2. The van der Waals surface area contributed by atoms with E-state index in [4.69, 9.17) is 0 Å². The molecule has 2 fully saturated rings. The average molecular weight is 484 g/mol. The number of nitrogens with one attached hydrogen (secondary N) is 1. The number of carbonyl (C=O) groups is 2. The van der Waals surface area contributed by atoms with Gasteiger partial charge in [0.05, 0.1) is 11.3 Å². The highest BCUT2D eigenvalue weighted by Gasteiger charge is 2.34. The first-order valence-corrected chi connectivity index (χ1v) is 12.7. The minimum Gasteiger partial charge on any atom is -0.339 e. The number of nitrogens with zero attached hydrogens (tertiary/aromatic N) is 2. The van der Waals surface area contributed by atoms with E-state index in [9.17, 15) is 26.8 Å². The summed E-state index contributed by atoms with van der Waals surface area (Å²) >= 11 is 1.02. The van der Waals surface area contributed by atoms with Gasteiger partial charge >= 0.3 is 0 Å². The van der Waals surface area contributed by atoms with E-state index in [0.29, 0.717) is 24.7 Å². The molecule has 4 rings (SSSR count). The van der Waals surface area contributed by atoms with Crippen LogP contribution in [0.25, 0.3) is 0 Å². The first kappa shape index (κ1) is 22.8. The Morgan fingerprint density at radius 2 is 1.72 bits per heavy atom. The van der Waals surface area contributed by atoms with Gasteiger partial charge in [-0.05, 0) is 43.9 Å². The molecule has 7 nitrogen and oxygen atoms in total. The molecular weight excluding hydrogens is 460 g/mol. The molecular formula is C21H23F2N3O4S2. The van der Waals surface area contributed by atoms with Gasteiger partial charge in [0.15, 0.2) is 0 Å².